The SMILES string of the molecule is CCOc1ccccc1-c1csc(CCNCCN(C)C)n1. The van der Waals surface area contributed by atoms with Gasteiger partial charge >= 0.3 is 0 Å². The predicted molar refractivity (Wildman–Crippen MR) is 93.8 cm³/mol. The Morgan fingerprint density at radius 3 is 2.82 bits per heavy atom. The van der Waals surface area contributed by atoms with Crippen LogP contribution < -0.4 is 10.1 Å². The summed E-state index contributed by atoms with van der Waals surface area (Å²) in [6, 6.07) is 8.09. The van der Waals surface area contributed by atoms with E-state index >= 15 is 0 Å². The number of nitrogens with one attached hydrogen (secondary N) is 1. The van der Waals surface area contributed by atoms with Crippen molar-refractivity contribution in [2.45, 2.75) is 13.3 Å². The van der Waals surface area contributed by atoms with Crippen LogP contribution in [-0.4, -0.2) is 50.2 Å². The summed E-state index contributed by atoms with van der Waals surface area (Å²) in [5.74, 6) is 0.908. The molecule has 0 fully saturated rings. The minimum Gasteiger partial charge on any atom is -0.493 e. The highest BCUT2D eigenvalue weighted by atomic mass is 32.1. The molecule has 120 valence electrons. The molecule has 1 heterocycles. The largest absolute Gasteiger partial charge is 0.493 e. The molecule has 0 saturated heterocycles. The molecule has 0 unspecified atom stereocenters. The molecule has 1 aromatic carbocycles. The number of rotatable bonds is 9. The van der Waals surface area contributed by atoms with E-state index in [9.17, 15) is 0 Å². The molecular formula is C17H25N3OS. The fourth-order valence-corrected chi connectivity index (χ4v) is 2.93. The van der Waals surface area contributed by atoms with E-state index in [0.29, 0.717) is 6.61 Å². The van der Waals surface area contributed by atoms with Crippen LogP contribution in [0, 0.1) is 0 Å². The normalized spacial score (nSPS) is 11.1. The average Bonchev–Trinajstić information content (AvgIpc) is 2.96. The molecule has 4 nitrogen and oxygen atoms in total. The van der Waals surface area contributed by atoms with Gasteiger partial charge in [-0.05, 0) is 33.2 Å². The highest BCUT2D eigenvalue weighted by Crippen LogP contribution is 2.30. The summed E-state index contributed by atoms with van der Waals surface area (Å²) in [4.78, 5) is 6.92. The first-order chi connectivity index (χ1) is 10.7. The molecule has 0 aliphatic heterocycles. The van der Waals surface area contributed by atoms with E-state index in [2.05, 4.69) is 35.8 Å². The molecular weight excluding hydrogens is 294 g/mol. The number of thiazole rings is 1. The first-order valence-corrected chi connectivity index (χ1v) is 8.60. The quantitative estimate of drug-likeness (QED) is 0.721. The summed E-state index contributed by atoms with van der Waals surface area (Å²) in [6.45, 7) is 5.71. The van der Waals surface area contributed by atoms with E-state index in [1.165, 1.54) is 5.01 Å². The maximum Gasteiger partial charge on any atom is 0.128 e. The molecule has 1 aromatic heterocycles. The molecule has 0 aliphatic rings. The first-order valence-electron chi connectivity index (χ1n) is 7.72. The van der Waals surface area contributed by atoms with E-state index in [-0.39, 0.29) is 0 Å². The van der Waals surface area contributed by atoms with Crippen molar-refractivity contribution in [1.82, 2.24) is 15.2 Å². The maximum atomic E-state index is 5.68. The number of benzene rings is 1. The van der Waals surface area contributed by atoms with Crippen molar-refractivity contribution in [3.63, 3.8) is 0 Å². The van der Waals surface area contributed by atoms with Gasteiger partial charge in [0.25, 0.3) is 0 Å². The number of aromatic nitrogens is 1. The lowest BCUT2D eigenvalue weighted by Gasteiger charge is -2.09. The Labute approximate surface area is 137 Å². The zero-order chi connectivity index (χ0) is 15.8. The van der Waals surface area contributed by atoms with Crippen LogP contribution in [0.5, 0.6) is 5.75 Å². The van der Waals surface area contributed by atoms with Gasteiger partial charge in [-0.25, -0.2) is 4.98 Å². The number of hydrogen-bond donors (Lipinski definition) is 1. The van der Waals surface area contributed by atoms with E-state index in [0.717, 1.165) is 43.1 Å². The predicted octanol–water partition coefficient (Wildman–Crippen LogP) is 2.90. The molecule has 1 N–H and O–H groups in total. The van der Waals surface area contributed by atoms with Gasteiger partial charge in [-0.15, -0.1) is 11.3 Å². The topological polar surface area (TPSA) is 37.4 Å². The number of hydrogen-bond acceptors (Lipinski definition) is 5. The van der Waals surface area contributed by atoms with Gasteiger partial charge in [0.15, 0.2) is 0 Å². The van der Waals surface area contributed by atoms with Gasteiger partial charge in [0.2, 0.25) is 0 Å². The van der Waals surface area contributed by atoms with Gasteiger partial charge in [0.05, 0.1) is 17.3 Å². The third-order valence-electron chi connectivity index (χ3n) is 3.27. The lowest BCUT2D eigenvalue weighted by molar-refractivity contribution is 0.341. The van der Waals surface area contributed by atoms with E-state index in [4.69, 9.17) is 9.72 Å². The Morgan fingerprint density at radius 1 is 1.23 bits per heavy atom. The van der Waals surface area contributed by atoms with Crippen LogP contribution in [0.3, 0.4) is 0 Å². The molecule has 0 saturated carbocycles. The molecule has 0 atom stereocenters. The summed E-state index contributed by atoms with van der Waals surface area (Å²) < 4.78 is 5.68. The molecule has 0 spiro atoms. The lowest BCUT2D eigenvalue weighted by atomic mass is 10.1. The summed E-state index contributed by atoms with van der Waals surface area (Å²) in [6.07, 6.45) is 0.967. The second kappa shape index (κ2) is 8.88. The number of ether oxygens (including phenoxy) is 1. The average molecular weight is 319 g/mol. The standard InChI is InChI=1S/C17H25N3OS/c1-4-21-16-8-6-5-7-14(16)15-13-22-17(19-15)9-10-18-11-12-20(2)3/h5-8,13,18H,4,9-12H2,1-3H3. The smallest absolute Gasteiger partial charge is 0.128 e. The second-order valence-electron chi connectivity index (χ2n) is 5.36. The molecule has 22 heavy (non-hydrogen) atoms. The van der Waals surface area contributed by atoms with Gasteiger partial charge in [0, 0.05) is 37.0 Å². The van der Waals surface area contributed by atoms with Crippen molar-refractivity contribution in [2.75, 3.05) is 40.3 Å². The zero-order valence-electron chi connectivity index (χ0n) is 13.6. The van der Waals surface area contributed by atoms with Crippen molar-refractivity contribution < 1.29 is 4.74 Å². The summed E-state index contributed by atoms with van der Waals surface area (Å²) in [5.41, 5.74) is 2.09. The highest BCUT2D eigenvalue weighted by Gasteiger charge is 2.09. The molecule has 0 amide bonds. The Morgan fingerprint density at radius 2 is 2.05 bits per heavy atom. The maximum absolute atomic E-state index is 5.68. The van der Waals surface area contributed by atoms with E-state index in [1.54, 1.807) is 11.3 Å². The van der Waals surface area contributed by atoms with Crippen LogP contribution in [0.2, 0.25) is 0 Å². The zero-order valence-corrected chi connectivity index (χ0v) is 14.4. The van der Waals surface area contributed by atoms with Crippen LogP contribution in [0.15, 0.2) is 29.6 Å². The third-order valence-corrected chi connectivity index (χ3v) is 4.17. The number of para-hydroxylation sites is 1. The molecule has 0 aliphatic carbocycles. The Bertz CT molecular complexity index is 569. The van der Waals surface area contributed by atoms with Gasteiger partial charge in [-0.3, -0.25) is 0 Å². The fourth-order valence-electron chi connectivity index (χ4n) is 2.13. The van der Waals surface area contributed by atoms with Gasteiger partial charge in [-0.2, -0.15) is 0 Å². The Balaban J connectivity index is 1.91. The van der Waals surface area contributed by atoms with E-state index < -0.39 is 0 Å². The Kier molecular flexibility index (Phi) is 6.83. The van der Waals surface area contributed by atoms with Crippen LogP contribution >= 0.6 is 11.3 Å². The molecule has 2 aromatic rings. The first kappa shape index (κ1) is 16.9. The summed E-state index contributed by atoms with van der Waals surface area (Å²) in [7, 11) is 4.18. The minimum atomic E-state index is 0.670. The van der Waals surface area contributed by atoms with E-state index in [1.807, 2.05) is 25.1 Å². The van der Waals surface area contributed by atoms with Crippen molar-refractivity contribution in [3.8, 4) is 17.0 Å². The van der Waals surface area contributed by atoms with Crippen LogP contribution in [0.25, 0.3) is 11.3 Å². The number of likely N-dealkylation sites (N-methyl/N-ethyl adjacent to an activating group) is 1. The molecule has 0 radical (unpaired) electrons. The second-order valence-corrected chi connectivity index (χ2v) is 6.30. The van der Waals surface area contributed by atoms with Gasteiger partial charge in [-0.1, -0.05) is 12.1 Å². The van der Waals surface area contributed by atoms with Crippen molar-refractivity contribution >= 4 is 11.3 Å². The van der Waals surface area contributed by atoms with Crippen molar-refractivity contribution in [2.24, 2.45) is 0 Å². The van der Waals surface area contributed by atoms with Gasteiger partial charge in [0.1, 0.15) is 5.75 Å². The monoisotopic (exact) mass is 319 g/mol. The van der Waals surface area contributed by atoms with Crippen LogP contribution in [0.1, 0.15) is 11.9 Å². The third kappa shape index (κ3) is 5.09. The molecule has 0 bridgehead atoms. The minimum absolute atomic E-state index is 0.670. The summed E-state index contributed by atoms with van der Waals surface area (Å²) in [5, 5.41) is 6.73. The summed E-state index contributed by atoms with van der Waals surface area (Å²) >= 11 is 1.72. The molecule has 2 rings (SSSR count). The Hall–Kier alpha value is -1.43. The highest BCUT2D eigenvalue weighted by molar-refractivity contribution is 7.09. The van der Waals surface area contributed by atoms with Crippen molar-refractivity contribution in [3.05, 3.63) is 34.7 Å². The van der Waals surface area contributed by atoms with Crippen LogP contribution in [-0.2, 0) is 6.42 Å². The van der Waals surface area contributed by atoms with Gasteiger partial charge < -0.3 is 15.0 Å². The number of nitrogens with zero attached hydrogens (tertiary/aromatic N) is 2. The fraction of sp³-hybridized carbons (Fsp3) is 0.471. The molecule has 5 heteroatoms. The lowest BCUT2D eigenvalue weighted by Crippen LogP contribution is -2.27. The van der Waals surface area contributed by atoms with Crippen molar-refractivity contribution in [1.29, 1.82) is 0 Å². The van der Waals surface area contributed by atoms with Crippen LogP contribution in [0.4, 0.5) is 0 Å².